The number of amides is 1. The molecule has 1 aromatic rings. The van der Waals surface area contributed by atoms with Crippen molar-refractivity contribution in [2.24, 2.45) is 5.41 Å². The number of hydrogen-bond donors (Lipinski definition) is 2. The molecule has 0 unspecified atom stereocenters. The lowest BCUT2D eigenvalue weighted by Crippen LogP contribution is -2.41. The highest BCUT2D eigenvalue weighted by Gasteiger charge is 2.26. The van der Waals surface area contributed by atoms with Crippen molar-refractivity contribution in [1.29, 1.82) is 0 Å². The van der Waals surface area contributed by atoms with Crippen LogP contribution in [0.15, 0.2) is 18.2 Å². The van der Waals surface area contributed by atoms with E-state index in [1.807, 2.05) is 0 Å². The number of nitrogens with two attached hydrogens (primary N) is 1. The molecule has 116 valence electrons. The summed E-state index contributed by atoms with van der Waals surface area (Å²) >= 11 is 5.86. The summed E-state index contributed by atoms with van der Waals surface area (Å²) in [4.78, 5) is 14.4. The summed E-state index contributed by atoms with van der Waals surface area (Å²) in [5.74, 6) is 0.0140. The van der Waals surface area contributed by atoms with Gasteiger partial charge >= 0.3 is 0 Å². The molecule has 0 bridgehead atoms. The molecule has 4 nitrogen and oxygen atoms in total. The number of piperidine rings is 1. The molecule has 21 heavy (non-hydrogen) atoms. The predicted molar refractivity (Wildman–Crippen MR) is 88.6 cm³/mol. The Morgan fingerprint density at radius 2 is 2.24 bits per heavy atom. The van der Waals surface area contributed by atoms with Gasteiger partial charge in [-0.25, -0.2) is 0 Å². The van der Waals surface area contributed by atoms with Crippen molar-refractivity contribution in [2.45, 2.75) is 33.1 Å². The number of likely N-dealkylation sites (tertiary alicyclic amines) is 1. The quantitative estimate of drug-likeness (QED) is 0.838. The van der Waals surface area contributed by atoms with E-state index < -0.39 is 0 Å². The second-order valence-electron chi connectivity index (χ2n) is 6.58. The third-order valence-electron chi connectivity index (χ3n) is 3.91. The number of nitrogens with zero attached hydrogens (tertiary/aromatic N) is 1. The Bertz CT molecular complexity index is 516. The highest BCUT2D eigenvalue weighted by molar-refractivity contribution is 6.33. The van der Waals surface area contributed by atoms with Crippen LogP contribution in [0.3, 0.4) is 0 Å². The second-order valence-corrected chi connectivity index (χ2v) is 6.99. The van der Waals surface area contributed by atoms with Gasteiger partial charge < -0.3 is 16.0 Å². The van der Waals surface area contributed by atoms with Crippen molar-refractivity contribution in [1.82, 2.24) is 4.90 Å². The van der Waals surface area contributed by atoms with Crippen LogP contribution in [0, 0.1) is 5.41 Å². The van der Waals surface area contributed by atoms with Gasteiger partial charge in [0.2, 0.25) is 5.91 Å². The zero-order valence-corrected chi connectivity index (χ0v) is 13.5. The van der Waals surface area contributed by atoms with E-state index in [1.54, 1.807) is 18.2 Å². The Balaban J connectivity index is 1.80. The van der Waals surface area contributed by atoms with Crippen LogP contribution in [0.1, 0.15) is 33.1 Å². The Kier molecular flexibility index (Phi) is 5.12. The van der Waals surface area contributed by atoms with Crippen LogP contribution >= 0.6 is 11.6 Å². The van der Waals surface area contributed by atoms with Gasteiger partial charge in [-0.15, -0.1) is 0 Å². The standard InChI is InChI=1S/C16H24ClN3O/c1-16(2)7-3-8-20(11-16)9-6-15(21)19-12-4-5-13(17)14(18)10-12/h4-5,10H,3,6-9,11,18H2,1-2H3,(H,19,21). The minimum absolute atomic E-state index is 0.0140. The van der Waals surface area contributed by atoms with E-state index in [2.05, 4.69) is 24.1 Å². The van der Waals surface area contributed by atoms with Crippen molar-refractivity contribution in [3.8, 4) is 0 Å². The number of carbonyl (C=O) groups excluding carboxylic acids is 1. The van der Waals surface area contributed by atoms with E-state index >= 15 is 0 Å². The Labute approximate surface area is 131 Å². The minimum Gasteiger partial charge on any atom is -0.397 e. The normalized spacial score (nSPS) is 18.4. The van der Waals surface area contributed by atoms with Gasteiger partial charge in [0.25, 0.3) is 0 Å². The van der Waals surface area contributed by atoms with E-state index in [-0.39, 0.29) is 5.91 Å². The van der Waals surface area contributed by atoms with Gasteiger partial charge in [0.1, 0.15) is 0 Å². The molecular weight excluding hydrogens is 286 g/mol. The molecule has 0 spiro atoms. The van der Waals surface area contributed by atoms with Crippen LogP contribution in [0.5, 0.6) is 0 Å². The van der Waals surface area contributed by atoms with Crippen molar-refractivity contribution >= 4 is 28.9 Å². The molecule has 1 saturated heterocycles. The maximum atomic E-state index is 12.0. The third-order valence-corrected chi connectivity index (χ3v) is 4.26. The molecule has 0 radical (unpaired) electrons. The first-order valence-electron chi connectivity index (χ1n) is 7.43. The van der Waals surface area contributed by atoms with Crippen LogP contribution in [-0.4, -0.2) is 30.4 Å². The van der Waals surface area contributed by atoms with Gasteiger partial charge in [-0.1, -0.05) is 25.4 Å². The number of carbonyl (C=O) groups is 1. The molecule has 0 saturated carbocycles. The SMILES string of the molecule is CC1(C)CCCN(CCC(=O)Nc2ccc(Cl)c(N)c2)C1. The molecule has 5 heteroatoms. The molecule has 1 aliphatic rings. The van der Waals surface area contributed by atoms with Gasteiger partial charge in [0.05, 0.1) is 10.7 Å². The lowest BCUT2D eigenvalue weighted by molar-refractivity contribution is -0.116. The monoisotopic (exact) mass is 309 g/mol. The molecular formula is C16H24ClN3O. The van der Waals surface area contributed by atoms with Crippen molar-refractivity contribution in [3.63, 3.8) is 0 Å². The maximum Gasteiger partial charge on any atom is 0.225 e. The number of nitrogen functional groups attached to an aromatic ring is 1. The summed E-state index contributed by atoms with van der Waals surface area (Å²) in [6.07, 6.45) is 2.97. The zero-order chi connectivity index (χ0) is 15.5. The Hall–Kier alpha value is -1.26. The highest BCUT2D eigenvalue weighted by Crippen LogP contribution is 2.28. The number of rotatable bonds is 4. The average Bonchev–Trinajstić information content (AvgIpc) is 2.40. The van der Waals surface area contributed by atoms with E-state index in [9.17, 15) is 4.79 Å². The minimum atomic E-state index is 0.0140. The van der Waals surface area contributed by atoms with Crippen LogP contribution in [0.2, 0.25) is 5.02 Å². The van der Waals surface area contributed by atoms with E-state index in [0.717, 1.165) is 19.6 Å². The van der Waals surface area contributed by atoms with E-state index in [4.69, 9.17) is 17.3 Å². The van der Waals surface area contributed by atoms with Crippen LogP contribution < -0.4 is 11.1 Å². The summed E-state index contributed by atoms with van der Waals surface area (Å²) in [5.41, 5.74) is 7.26. The fraction of sp³-hybridized carbons (Fsp3) is 0.562. The van der Waals surface area contributed by atoms with E-state index in [0.29, 0.717) is 28.2 Å². The topological polar surface area (TPSA) is 58.4 Å². The van der Waals surface area contributed by atoms with E-state index in [1.165, 1.54) is 12.8 Å². The van der Waals surface area contributed by atoms with Gasteiger partial charge in [-0.05, 0) is 43.0 Å². The van der Waals surface area contributed by atoms with Crippen LogP contribution in [-0.2, 0) is 4.79 Å². The molecule has 1 fully saturated rings. The first kappa shape index (κ1) is 16.1. The van der Waals surface area contributed by atoms with Crippen molar-refractivity contribution < 1.29 is 4.79 Å². The van der Waals surface area contributed by atoms with Gasteiger partial charge in [0.15, 0.2) is 0 Å². The van der Waals surface area contributed by atoms with Crippen molar-refractivity contribution in [3.05, 3.63) is 23.2 Å². The first-order chi connectivity index (χ1) is 9.85. The first-order valence-corrected chi connectivity index (χ1v) is 7.81. The lowest BCUT2D eigenvalue weighted by atomic mass is 9.84. The summed E-state index contributed by atoms with van der Waals surface area (Å²) in [5, 5.41) is 3.37. The predicted octanol–water partition coefficient (Wildman–Crippen LogP) is 3.37. The fourth-order valence-corrected chi connectivity index (χ4v) is 2.96. The summed E-state index contributed by atoms with van der Waals surface area (Å²) in [7, 11) is 0. The number of anilines is 2. The molecule has 2 rings (SSSR count). The fourth-order valence-electron chi connectivity index (χ4n) is 2.84. The third kappa shape index (κ3) is 4.90. The van der Waals surface area contributed by atoms with Crippen molar-refractivity contribution in [2.75, 3.05) is 30.7 Å². The van der Waals surface area contributed by atoms with Crippen LogP contribution in [0.4, 0.5) is 11.4 Å². The largest absolute Gasteiger partial charge is 0.397 e. The van der Waals surface area contributed by atoms with Gasteiger partial charge in [0, 0.05) is 25.2 Å². The van der Waals surface area contributed by atoms with Crippen LogP contribution in [0.25, 0.3) is 0 Å². The Morgan fingerprint density at radius 3 is 2.90 bits per heavy atom. The number of halogens is 1. The molecule has 0 atom stereocenters. The molecule has 1 aliphatic heterocycles. The Morgan fingerprint density at radius 1 is 1.48 bits per heavy atom. The lowest BCUT2D eigenvalue weighted by Gasteiger charge is -2.37. The molecule has 0 aliphatic carbocycles. The molecule has 1 heterocycles. The van der Waals surface area contributed by atoms with Gasteiger partial charge in [-0.3, -0.25) is 4.79 Å². The summed E-state index contributed by atoms with van der Waals surface area (Å²) in [6.45, 7) is 7.53. The molecule has 0 aromatic heterocycles. The number of benzene rings is 1. The smallest absolute Gasteiger partial charge is 0.225 e. The number of hydrogen-bond acceptors (Lipinski definition) is 3. The number of nitrogens with one attached hydrogen (secondary N) is 1. The second kappa shape index (κ2) is 6.67. The van der Waals surface area contributed by atoms with Gasteiger partial charge in [-0.2, -0.15) is 0 Å². The molecule has 3 N–H and O–H groups in total. The zero-order valence-electron chi connectivity index (χ0n) is 12.8. The average molecular weight is 310 g/mol. The summed E-state index contributed by atoms with van der Waals surface area (Å²) in [6, 6.07) is 5.14. The molecule has 1 amide bonds. The maximum absolute atomic E-state index is 12.0. The highest BCUT2D eigenvalue weighted by atomic mass is 35.5. The molecule has 1 aromatic carbocycles. The summed E-state index contributed by atoms with van der Waals surface area (Å²) < 4.78 is 0.